The molecule has 0 aromatic carbocycles. The van der Waals surface area contributed by atoms with Crippen LogP contribution in [0.1, 0.15) is 19.7 Å². The van der Waals surface area contributed by atoms with Crippen LogP contribution in [-0.2, 0) is 6.54 Å². The minimum atomic E-state index is 0.442. The highest BCUT2D eigenvalue weighted by Crippen LogP contribution is 2.12. The smallest absolute Gasteiger partial charge is 0.142 e. The molecule has 0 unspecified atom stereocenters. The topological polar surface area (TPSA) is 53.6 Å². The van der Waals surface area contributed by atoms with E-state index in [2.05, 4.69) is 34.1 Å². The second-order valence-corrected chi connectivity index (χ2v) is 3.98. The third-order valence-corrected chi connectivity index (χ3v) is 2.25. The molecule has 0 aliphatic rings. The number of aromatic amines is 1. The highest BCUT2D eigenvalue weighted by Gasteiger charge is 2.02. The molecule has 2 N–H and O–H groups in total. The van der Waals surface area contributed by atoms with Crippen molar-refractivity contribution in [2.45, 2.75) is 26.4 Å². The molecule has 0 saturated carbocycles. The monoisotopic (exact) mass is 216 g/mol. The average molecular weight is 216 g/mol. The number of aromatic nitrogens is 3. The van der Waals surface area contributed by atoms with Crippen LogP contribution in [-0.4, -0.2) is 21.0 Å². The molecule has 0 radical (unpaired) electrons. The predicted octanol–water partition coefficient (Wildman–Crippen LogP) is 1.97. The number of hydrogen-bond acceptors (Lipinski definition) is 3. The van der Waals surface area contributed by atoms with Gasteiger partial charge >= 0.3 is 0 Å². The first-order valence-electron chi connectivity index (χ1n) is 5.45. The van der Waals surface area contributed by atoms with Crippen molar-refractivity contribution in [2.75, 3.05) is 0 Å². The summed E-state index contributed by atoms with van der Waals surface area (Å²) in [5.74, 6) is 0.820. The van der Waals surface area contributed by atoms with Crippen LogP contribution in [0.2, 0.25) is 0 Å². The third kappa shape index (κ3) is 2.67. The van der Waals surface area contributed by atoms with Crippen LogP contribution in [0, 0.1) is 0 Å². The predicted molar refractivity (Wildman–Crippen MR) is 63.8 cm³/mol. The van der Waals surface area contributed by atoms with Gasteiger partial charge < -0.3 is 10.3 Å². The fourth-order valence-electron chi connectivity index (χ4n) is 1.42. The summed E-state index contributed by atoms with van der Waals surface area (Å²) in [5, 5.41) is 3.30. The first-order valence-corrected chi connectivity index (χ1v) is 5.45. The standard InChI is InChI=1S/C12H16N4/c1-9(2)15-8-12-14-7-5-11(16-12)10-4-3-6-13-10/h3-7,9,13,15H,8H2,1-2H3. The molecule has 0 spiro atoms. The summed E-state index contributed by atoms with van der Waals surface area (Å²) in [6.45, 7) is 4.91. The molecule has 0 atom stereocenters. The van der Waals surface area contributed by atoms with Crippen LogP contribution >= 0.6 is 0 Å². The number of nitrogens with one attached hydrogen (secondary N) is 2. The molecule has 84 valence electrons. The van der Waals surface area contributed by atoms with Crippen LogP contribution in [0.4, 0.5) is 0 Å². The molecular formula is C12H16N4. The maximum absolute atomic E-state index is 4.48. The van der Waals surface area contributed by atoms with Gasteiger partial charge in [0.2, 0.25) is 0 Å². The minimum Gasteiger partial charge on any atom is -0.360 e. The van der Waals surface area contributed by atoms with Crippen molar-refractivity contribution >= 4 is 0 Å². The highest BCUT2D eigenvalue weighted by molar-refractivity contribution is 5.53. The zero-order chi connectivity index (χ0) is 11.4. The van der Waals surface area contributed by atoms with Crippen LogP contribution in [0.3, 0.4) is 0 Å². The zero-order valence-electron chi connectivity index (χ0n) is 9.57. The molecule has 2 heterocycles. The Labute approximate surface area is 95.1 Å². The van der Waals surface area contributed by atoms with E-state index in [-0.39, 0.29) is 0 Å². The van der Waals surface area contributed by atoms with Gasteiger partial charge in [0.1, 0.15) is 5.82 Å². The van der Waals surface area contributed by atoms with Crippen molar-refractivity contribution in [3.05, 3.63) is 36.4 Å². The van der Waals surface area contributed by atoms with E-state index in [0.717, 1.165) is 17.2 Å². The molecular weight excluding hydrogens is 200 g/mol. The second kappa shape index (κ2) is 4.90. The van der Waals surface area contributed by atoms with Gasteiger partial charge in [-0.3, -0.25) is 0 Å². The van der Waals surface area contributed by atoms with Crippen molar-refractivity contribution in [2.24, 2.45) is 0 Å². The molecule has 0 amide bonds. The maximum Gasteiger partial charge on any atom is 0.142 e. The molecule has 16 heavy (non-hydrogen) atoms. The average Bonchev–Trinajstić information content (AvgIpc) is 2.80. The zero-order valence-corrected chi connectivity index (χ0v) is 9.57. The summed E-state index contributed by atoms with van der Waals surface area (Å²) in [6, 6.07) is 6.31. The Kier molecular flexibility index (Phi) is 3.31. The van der Waals surface area contributed by atoms with Gasteiger partial charge in [-0.15, -0.1) is 0 Å². The number of rotatable bonds is 4. The van der Waals surface area contributed by atoms with E-state index < -0.39 is 0 Å². The molecule has 4 heteroatoms. The lowest BCUT2D eigenvalue weighted by atomic mass is 10.3. The Morgan fingerprint density at radius 3 is 2.94 bits per heavy atom. The largest absolute Gasteiger partial charge is 0.360 e. The van der Waals surface area contributed by atoms with Crippen LogP contribution in [0.15, 0.2) is 30.6 Å². The Bertz CT molecular complexity index is 434. The van der Waals surface area contributed by atoms with E-state index in [0.29, 0.717) is 12.6 Å². The van der Waals surface area contributed by atoms with Gasteiger partial charge in [-0.1, -0.05) is 13.8 Å². The number of nitrogens with zero attached hydrogens (tertiary/aromatic N) is 2. The van der Waals surface area contributed by atoms with E-state index in [1.165, 1.54) is 0 Å². The third-order valence-electron chi connectivity index (χ3n) is 2.25. The Balaban J connectivity index is 2.14. The van der Waals surface area contributed by atoms with E-state index >= 15 is 0 Å². The highest BCUT2D eigenvalue weighted by atomic mass is 15.0. The Hall–Kier alpha value is -1.68. The van der Waals surface area contributed by atoms with Crippen molar-refractivity contribution in [3.8, 4) is 11.4 Å². The molecule has 0 bridgehead atoms. The Morgan fingerprint density at radius 1 is 1.38 bits per heavy atom. The van der Waals surface area contributed by atoms with E-state index in [9.17, 15) is 0 Å². The van der Waals surface area contributed by atoms with Crippen LogP contribution in [0.5, 0.6) is 0 Å². The lowest BCUT2D eigenvalue weighted by Crippen LogP contribution is -2.23. The van der Waals surface area contributed by atoms with Crippen molar-refractivity contribution in [1.29, 1.82) is 0 Å². The molecule has 0 aliphatic heterocycles. The molecule has 0 aliphatic carbocycles. The SMILES string of the molecule is CC(C)NCc1nccc(-c2ccc[nH]2)n1. The number of hydrogen-bond donors (Lipinski definition) is 2. The van der Waals surface area contributed by atoms with Crippen molar-refractivity contribution in [3.63, 3.8) is 0 Å². The van der Waals surface area contributed by atoms with Gasteiger partial charge in [-0.05, 0) is 18.2 Å². The molecule has 0 saturated heterocycles. The fourth-order valence-corrected chi connectivity index (χ4v) is 1.42. The lowest BCUT2D eigenvalue weighted by Gasteiger charge is -2.07. The Morgan fingerprint density at radius 2 is 2.25 bits per heavy atom. The fraction of sp³-hybridized carbons (Fsp3) is 0.333. The molecule has 4 nitrogen and oxygen atoms in total. The quantitative estimate of drug-likeness (QED) is 0.821. The number of H-pyrrole nitrogens is 1. The van der Waals surface area contributed by atoms with E-state index in [4.69, 9.17) is 0 Å². The van der Waals surface area contributed by atoms with E-state index in [1.807, 2.05) is 24.4 Å². The van der Waals surface area contributed by atoms with E-state index in [1.54, 1.807) is 6.20 Å². The lowest BCUT2D eigenvalue weighted by molar-refractivity contribution is 0.572. The molecule has 0 fully saturated rings. The summed E-state index contributed by atoms with van der Waals surface area (Å²) >= 11 is 0. The summed E-state index contributed by atoms with van der Waals surface area (Å²) in [6.07, 6.45) is 3.68. The summed E-state index contributed by atoms with van der Waals surface area (Å²) < 4.78 is 0. The van der Waals surface area contributed by atoms with Gasteiger partial charge in [0.05, 0.1) is 17.9 Å². The molecule has 2 rings (SSSR count). The first kappa shape index (κ1) is 10.8. The normalized spacial score (nSPS) is 10.9. The van der Waals surface area contributed by atoms with Gasteiger partial charge in [-0.2, -0.15) is 0 Å². The minimum absolute atomic E-state index is 0.442. The first-order chi connectivity index (χ1) is 7.75. The van der Waals surface area contributed by atoms with Gasteiger partial charge in [0.25, 0.3) is 0 Å². The summed E-state index contributed by atoms with van der Waals surface area (Å²) in [5.41, 5.74) is 1.95. The van der Waals surface area contributed by atoms with Crippen LogP contribution in [0.25, 0.3) is 11.4 Å². The van der Waals surface area contributed by atoms with Gasteiger partial charge in [0.15, 0.2) is 0 Å². The molecule has 2 aromatic heterocycles. The summed E-state index contributed by atoms with van der Waals surface area (Å²) in [7, 11) is 0. The molecule has 2 aromatic rings. The van der Waals surface area contributed by atoms with Gasteiger partial charge in [0, 0.05) is 18.4 Å². The van der Waals surface area contributed by atoms with Crippen molar-refractivity contribution < 1.29 is 0 Å². The van der Waals surface area contributed by atoms with Gasteiger partial charge in [-0.25, -0.2) is 9.97 Å². The second-order valence-electron chi connectivity index (χ2n) is 3.98. The maximum atomic E-state index is 4.48. The van der Waals surface area contributed by atoms with Crippen molar-refractivity contribution in [1.82, 2.24) is 20.3 Å². The summed E-state index contributed by atoms with van der Waals surface area (Å²) in [4.78, 5) is 11.9. The van der Waals surface area contributed by atoms with Crippen LogP contribution < -0.4 is 5.32 Å².